The third-order valence-electron chi connectivity index (χ3n) is 8.50. The minimum absolute atomic E-state index is 0.0487. The number of nitrogens with one attached hydrogen (secondary N) is 1. The summed E-state index contributed by atoms with van der Waals surface area (Å²) in [6, 6.07) is 10.1. The van der Waals surface area contributed by atoms with Crippen LogP contribution in [0, 0.1) is 5.92 Å². The SMILES string of the molecule is CCCCn1ccc([C@@]2(OC)CCNC[C@@H]2C(=O)N(Cc2cc(CCCOC)cc(OCCOC)c2)C2CC2)cc1=O. The molecule has 2 aliphatic rings. The van der Waals surface area contributed by atoms with Crippen molar-refractivity contribution in [1.29, 1.82) is 0 Å². The van der Waals surface area contributed by atoms with E-state index in [1.807, 2.05) is 23.2 Å². The van der Waals surface area contributed by atoms with Crippen LogP contribution in [0.15, 0.2) is 41.3 Å². The number of methoxy groups -OCH3 is 3. The minimum atomic E-state index is -0.866. The number of carbonyl (C=O) groups excluding carboxylic acids is 1. The van der Waals surface area contributed by atoms with Crippen molar-refractivity contribution in [3.63, 3.8) is 0 Å². The summed E-state index contributed by atoms with van der Waals surface area (Å²) in [6.07, 6.45) is 8.19. The lowest BCUT2D eigenvalue weighted by atomic mass is 9.75. The molecule has 1 saturated heterocycles. The van der Waals surface area contributed by atoms with Gasteiger partial charge in [0.25, 0.3) is 5.56 Å². The highest BCUT2D eigenvalue weighted by Gasteiger charge is 2.49. The molecule has 9 nitrogen and oxygen atoms in total. The topological polar surface area (TPSA) is 91.3 Å². The summed E-state index contributed by atoms with van der Waals surface area (Å²) in [7, 11) is 5.04. The fourth-order valence-electron chi connectivity index (χ4n) is 6.02. The smallest absolute Gasteiger partial charge is 0.250 e. The van der Waals surface area contributed by atoms with Crippen LogP contribution in [0.5, 0.6) is 5.75 Å². The maximum atomic E-state index is 14.5. The number of carbonyl (C=O) groups is 1. The molecule has 1 aromatic heterocycles. The number of benzene rings is 1. The first-order chi connectivity index (χ1) is 20.4. The first-order valence-corrected chi connectivity index (χ1v) is 15.5. The molecule has 1 amide bonds. The van der Waals surface area contributed by atoms with Crippen molar-refractivity contribution in [1.82, 2.24) is 14.8 Å². The highest BCUT2D eigenvalue weighted by atomic mass is 16.5. The number of hydrogen-bond acceptors (Lipinski definition) is 7. The summed E-state index contributed by atoms with van der Waals surface area (Å²) in [6.45, 7) is 6.17. The van der Waals surface area contributed by atoms with Gasteiger partial charge < -0.3 is 33.7 Å². The van der Waals surface area contributed by atoms with Crippen molar-refractivity contribution in [3.05, 3.63) is 63.6 Å². The van der Waals surface area contributed by atoms with Crippen LogP contribution < -0.4 is 15.6 Å². The van der Waals surface area contributed by atoms with E-state index in [1.54, 1.807) is 32.0 Å². The Kier molecular flexibility index (Phi) is 12.0. The lowest BCUT2D eigenvalue weighted by molar-refractivity contribution is -0.155. The molecular weight excluding hydrogens is 534 g/mol. The van der Waals surface area contributed by atoms with Crippen molar-refractivity contribution in [2.45, 2.75) is 76.6 Å². The average molecular weight is 584 g/mol. The highest BCUT2D eigenvalue weighted by Crippen LogP contribution is 2.41. The van der Waals surface area contributed by atoms with Gasteiger partial charge in [0.1, 0.15) is 18.0 Å². The molecule has 42 heavy (non-hydrogen) atoms. The fourth-order valence-corrected chi connectivity index (χ4v) is 6.02. The Balaban J connectivity index is 1.61. The number of nitrogens with zero attached hydrogens (tertiary/aromatic N) is 2. The molecule has 0 bridgehead atoms. The van der Waals surface area contributed by atoms with Gasteiger partial charge in [-0.3, -0.25) is 9.59 Å². The molecule has 4 rings (SSSR count). The van der Waals surface area contributed by atoms with Crippen molar-refractivity contribution in [3.8, 4) is 5.75 Å². The van der Waals surface area contributed by atoms with Gasteiger partial charge in [-0.1, -0.05) is 19.4 Å². The van der Waals surface area contributed by atoms with Crippen molar-refractivity contribution >= 4 is 5.91 Å². The lowest BCUT2D eigenvalue weighted by Crippen LogP contribution is -2.56. The monoisotopic (exact) mass is 583 g/mol. The highest BCUT2D eigenvalue weighted by molar-refractivity contribution is 5.81. The Morgan fingerprint density at radius 1 is 1.05 bits per heavy atom. The van der Waals surface area contributed by atoms with Gasteiger partial charge in [-0.2, -0.15) is 0 Å². The minimum Gasteiger partial charge on any atom is -0.491 e. The van der Waals surface area contributed by atoms with E-state index >= 15 is 0 Å². The van der Waals surface area contributed by atoms with Gasteiger partial charge >= 0.3 is 0 Å². The number of aromatic nitrogens is 1. The van der Waals surface area contributed by atoms with Gasteiger partial charge in [0.15, 0.2) is 0 Å². The largest absolute Gasteiger partial charge is 0.491 e. The number of rotatable bonds is 17. The molecule has 1 saturated carbocycles. The zero-order valence-corrected chi connectivity index (χ0v) is 25.9. The van der Waals surface area contributed by atoms with E-state index in [0.717, 1.165) is 61.0 Å². The van der Waals surface area contributed by atoms with Crippen LogP contribution in [0.3, 0.4) is 0 Å². The van der Waals surface area contributed by atoms with Gasteiger partial charge in [-0.15, -0.1) is 0 Å². The van der Waals surface area contributed by atoms with Crippen LogP contribution in [-0.2, 0) is 44.1 Å². The number of unbranched alkanes of at least 4 members (excludes halogenated alkanes) is 1. The first-order valence-electron chi connectivity index (χ1n) is 15.5. The number of hydrogen-bond donors (Lipinski definition) is 1. The zero-order valence-electron chi connectivity index (χ0n) is 25.9. The molecule has 0 unspecified atom stereocenters. The predicted molar refractivity (Wildman–Crippen MR) is 163 cm³/mol. The van der Waals surface area contributed by atoms with E-state index in [-0.39, 0.29) is 17.5 Å². The van der Waals surface area contributed by atoms with Crippen molar-refractivity contribution in [2.75, 3.05) is 54.2 Å². The number of piperidine rings is 1. The summed E-state index contributed by atoms with van der Waals surface area (Å²) < 4.78 is 24.4. The normalized spacial score (nSPS) is 20.4. The quantitative estimate of drug-likeness (QED) is 0.283. The standard InChI is InChI=1S/C33H49N3O6/c1-5-6-14-35-15-11-27(22-31(35)37)33(41-4)12-13-34-23-30(33)32(38)36(28-9-10-28)24-26-19-25(8-7-16-39-2)20-29(21-26)42-18-17-40-3/h11,15,19-22,28,30,34H,5-10,12-14,16-18,23-24H2,1-4H3/t30-,33+/m1/s1. The molecule has 2 aromatic rings. The second-order valence-electron chi connectivity index (χ2n) is 11.5. The van der Waals surface area contributed by atoms with E-state index in [0.29, 0.717) is 52.4 Å². The second-order valence-corrected chi connectivity index (χ2v) is 11.5. The Morgan fingerprint density at radius 2 is 1.83 bits per heavy atom. The maximum Gasteiger partial charge on any atom is 0.250 e. The Bertz CT molecular complexity index is 1180. The molecule has 9 heteroatoms. The van der Waals surface area contributed by atoms with Crippen molar-refractivity contribution in [2.24, 2.45) is 5.92 Å². The summed E-state index contributed by atoms with van der Waals surface area (Å²) >= 11 is 0. The van der Waals surface area contributed by atoms with Crippen LogP contribution in [0.2, 0.25) is 0 Å². The third kappa shape index (κ3) is 8.01. The molecule has 1 aromatic carbocycles. The molecule has 232 valence electrons. The molecule has 0 radical (unpaired) electrons. The van der Waals surface area contributed by atoms with Gasteiger partial charge in [-0.05, 0) is 80.0 Å². The molecule has 1 aliphatic carbocycles. The molecule has 0 spiro atoms. The molecule has 2 fully saturated rings. The van der Waals surface area contributed by atoms with E-state index < -0.39 is 11.5 Å². The van der Waals surface area contributed by atoms with E-state index in [1.165, 1.54) is 0 Å². The third-order valence-corrected chi connectivity index (χ3v) is 8.50. The fraction of sp³-hybridized carbons (Fsp3) is 0.636. The summed E-state index contributed by atoms with van der Waals surface area (Å²) in [4.78, 5) is 29.5. The Morgan fingerprint density at radius 3 is 2.52 bits per heavy atom. The lowest BCUT2D eigenvalue weighted by Gasteiger charge is -2.44. The Hall–Kier alpha value is -2.72. The summed E-state index contributed by atoms with van der Waals surface area (Å²) in [5.74, 6) is 0.396. The van der Waals surface area contributed by atoms with Crippen LogP contribution in [0.4, 0.5) is 0 Å². The summed E-state index contributed by atoms with van der Waals surface area (Å²) in [5, 5.41) is 3.43. The summed E-state index contributed by atoms with van der Waals surface area (Å²) in [5.41, 5.74) is 2.08. The van der Waals surface area contributed by atoms with Crippen LogP contribution in [0.1, 0.15) is 62.1 Å². The number of pyridine rings is 1. The Labute approximate surface area is 250 Å². The maximum absolute atomic E-state index is 14.5. The van der Waals surface area contributed by atoms with E-state index in [2.05, 4.69) is 24.4 Å². The van der Waals surface area contributed by atoms with Gasteiger partial charge in [-0.25, -0.2) is 0 Å². The van der Waals surface area contributed by atoms with Crippen LogP contribution >= 0.6 is 0 Å². The molecule has 1 N–H and O–H groups in total. The number of aryl methyl sites for hydroxylation is 2. The predicted octanol–water partition coefficient (Wildman–Crippen LogP) is 3.90. The average Bonchev–Trinajstić information content (AvgIpc) is 3.85. The van der Waals surface area contributed by atoms with Crippen LogP contribution in [0.25, 0.3) is 0 Å². The molecule has 2 atom stereocenters. The molecule has 1 aliphatic heterocycles. The number of ether oxygens (including phenoxy) is 4. The number of amides is 1. The van der Waals surface area contributed by atoms with Gasteiger partial charge in [0.2, 0.25) is 5.91 Å². The first kappa shape index (κ1) is 32.2. The zero-order chi connectivity index (χ0) is 30.0. The van der Waals surface area contributed by atoms with Gasteiger partial charge in [0.05, 0.1) is 12.5 Å². The van der Waals surface area contributed by atoms with Crippen molar-refractivity contribution < 1.29 is 23.7 Å². The van der Waals surface area contributed by atoms with Crippen LogP contribution in [-0.4, -0.2) is 75.7 Å². The van der Waals surface area contributed by atoms with E-state index in [4.69, 9.17) is 18.9 Å². The molecule has 2 heterocycles. The molecular formula is C33H49N3O6. The second kappa shape index (κ2) is 15.7. The van der Waals surface area contributed by atoms with Gasteiger partial charge in [0, 0.05) is 65.9 Å². The van der Waals surface area contributed by atoms with E-state index in [9.17, 15) is 9.59 Å².